The Labute approximate surface area is 166 Å². The Bertz CT molecular complexity index is 975. The van der Waals surface area contributed by atoms with Gasteiger partial charge in [0.25, 0.3) is 0 Å². The lowest BCUT2D eigenvalue weighted by molar-refractivity contribution is -0.142. The Morgan fingerprint density at radius 1 is 0.897 bits per heavy atom. The number of carboxylic acid groups (broad SMARTS) is 2. The van der Waals surface area contributed by atoms with Crippen LogP contribution in [0.4, 0.5) is 0 Å². The van der Waals surface area contributed by atoms with Crippen molar-refractivity contribution in [1.82, 2.24) is 0 Å². The first-order valence-corrected chi connectivity index (χ1v) is 8.36. The third-order valence-corrected chi connectivity index (χ3v) is 4.06. The van der Waals surface area contributed by atoms with Crippen LogP contribution in [0.2, 0.25) is 0 Å². The topological polar surface area (TPSA) is 134 Å². The highest BCUT2D eigenvalue weighted by atomic mass is 16.5. The maximum Gasteiger partial charge on any atom is 0.332 e. The van der Waals surface area contributed by atoms with Crippen LogP contribution >= 0.6 is 0 Å². The summed E-state index contributed by atoms with van der Waals surface area (Å²) in [7, 11) is 2.72. The maximum atomic E-state index is 11.7. The zero-order valence-electron chi connectivity index (χ0n) is 15.7. The SMILES string of the molecule is COc1cc(/C=C/C(C(=O)O)/C(=C\c2ccc(O)c(OC)c2)C(=O)O)ccc1O. The summed E-state index contributed by atoms with van der Waals surface area (Å²) in [6.45, 7) is 0. The van der Waals surface area contributed by atoms with E-state index in [9.17, 15) is 30.0 Å². The summed E-state index contributed by atoms with van der Waals surface area (Å²) in [6, 6.07) is 8.55. The zero-order chi connectivity index (χ0) is 21.6. The number of hydrogen-bond acceptors (Lipinski definition) is 6. The summed E-state index contributed by atoms with van der Waals surface area (Å²) >= 11 is 0. The van der Waals surface area contributed by atoms with Crippen LogP contribution < -0.4 is 9.47 Å². The fourth-order valence-corrected chi connectivity index (χ4v) is 2.57. The number of phenolic OH excluding ortho intramolecular Hbond substituents is 2. The van der Waals surface area contributed by atoms with E-state index in [1.807, 2.05) is 0 Å². The monoisotopic (exact) mass is 400 g/mol. The highest BCUT2D eigenvalue weighted by Gasteiger charge is 2.25. The Kier molecular flexibility index (Phi) is 6.86. The predicted molar refractivity (Wildman–Crippen MR) is 105 cm³/mol. The van der Waals surface area contributed by atoms with E-state index in [0.717, 1.165) is 0 Å². The summed E-state index contributed by atoms with van der Waals surface area (Å²) in [5.74, 6) is -4.09. The van der Waals surface area contributed by atoms with Gasteiger partial charge in [0.05, 0.1) is 19.8 Å². The van der Waals surface area contributed by atoms with Crippen molar-refractivity contribution in [2.24, 2.45) is 5.92 Å². The molecule has 0 spiro atoms. The normalized spacial score (nSPS) is 12.6. The second-order valence-corrected chi connectivity index (χ2v) is 5.94. The molecule has 4 N–H and O–H groups in total. The Hall–Kier alpha value is -3.94. The molecule has 2 aromatic rings. The van der Waals surface area contributed by atoms with E-state index < -0.39 is 17.9 Å². The van der Waals surface area contributed by atoms with E-state index in [-0.39, 0.29) is 28.6 Å². The lowest BCUT2D eigenvalue weighted by Crippen LogP contribution is -2.19. The van der Waals surface area contributed by atoms with Gasteiger partial charge in [-0.1, -0.05) is 24.3 Å². The average Bonchev–Trinajstić information content (AvgIpc) is 2.69. The molecule has 0 aliphatic carbocycles. The molecule has 0 fully saturated rings. The van der Waals surface area contributed by atoms with Crippen molar-refractivity contribution in [3.63, 3.8) is 0 Å². The third-order valence-electron chi connectivity index (χ3n) is 4.06. The van der Waals surface area contributed by atoms with Gasteiger partial charge in [0.15, 0.2) is 23.0 Å². The number of benzene rings is 2. The number of ether oxygens (including phenoxy) is 2. The zero-order valence-corrected chi connectivity index (χ0v) is 15.7. The molecule has 2 aromatic carbocycles. The third kappa shape index (κ3) is 5.29. The molecular weight excluding hydrogens is 380 g/mol. The molecule has 1 atom stereocenters. The van der Waals surface area contributed by atoms with Crippen LogP contribution in [0.5, 0.6) is 23.0 Å². The van der Waals surface area contributed by atoms with Gasteiger partial charge in [-0.3, -0.25) is 4.79 Å². The molecule has 0 heterocycles. The number of aromatic hydroxyl groups is 2. The van der Waals surface area contributed by atoms with Crippen LogP contribution in [0.1, 0.15) is 11.1 Å². The number of carbonyl (C=O) groups is 2. The Balaban J connectivity index is 2.44. The highest BCUT2D eigenvalue weighted by molar-refractivity contribution is 5.99. The molecule has 152 valence electrons. The first kappa shape index (κ1) is 21.4. The molecule has 0 radical (unpaired) electrons. The van der Waals surface area contributed by atoms with Gasteiger partial charge in [0.1, 0.15) is 5.92 Å². The first-order chi connectivity index (χ1) is 13.8. The van der Waals surface area contributed by atoms with Gasteiger partial charge in [-0.25, -0.2) is 4.79 Å². The van der Waals surface area contributed by atoms with Crippen molar-refractivity contribution < 1.29 is 39.5 Å². The largest absolute Gasteiger partial charge is 0.504 e. The average molecular weight is 400 g/mol. The predicted octanol–water partition coefficient (Wildman–Crippen LogP) is 3.00. The van der Waals surface area contributed by atoms with Crippen LogP contribution in [0.3, 0.4) is 0 Å². The number of hydrogen-bond donors (Lipinski definition) is 4. The van der Waals surface area contributed by atoms with Gasteiger partial charge in [-0.05, 0) is 41.5 Å². The molecule has 0 amide bonds. The van der Waals surface area contributed by atoms with Crippen molar-refractivity contribution in [1.29, 1.82) is 0 Å². The quantitative estimate of drug-likeness (QED) is 0.497. The molecule has 0 aliphatic rings. The van der Waals surface area contributed by atoms with E-state index in [1.165, 1.54) is 68.8 Å². The van der Waals surface area contributed by atoms with Crippen LogP contribution in [0.15, 0.2) is 48.0 Å². The second-order valence-electron chi connectivity index (χ2n) is 5.94. The van der Waals surface area contributed by atoms with E-state index >= 15 is 0 Å². The Morgan fingerprint density at radius 3 is 1.90 bits per heavy atom. The molecular formula is C21H20O8. The number of methoxy groups -OCH3 is 2. The molecule has 1 unspecified atom stereocenters. The minimum Gasteiger partial charge on any atom is -0.504 e. The molecule has 0 aromatic heterocycles. The molecule has 8 heteroatoms. The van der Waals surface area contributed by atoms with Gasteiger partial charge < -0.3 is 29.9 Å². The Morgan fingerprint density at radius 2 is 1.41 bits per heavy atom. The number of phenols is 2. The molecule has 0 saturated heterocycles. The van der Waals surface area contributed by atoms with Crippen LogP contribution in [0.25, 0.3) is 12.2 Å². The molecule has 2 rings (SSSR count). The van der Waals surface area contributed by atoms with Gasteiger partial charge in [0.2, 0.25) is 0 Å². The molecule has 8 nitrogen and oxygen atoms in total. The molecule has 29 heavy (non-hydrogen) atoms. The van der Waals surface area contributed by atoms with E-state index in [4.69, 9.17) is 9.47 Å². The summed E-state index contributed by atoms with van der Waals surface area (Å²) < 4.78 is 9.98. The van der Waals surface area contributed by atoms with Gasteiger partial charge in [-0.2, -0.15) is 0 Å². The van der Waals surface area contributed by atoms with Crippen molar-refractivity contribution in [2.75, 3.05) is 14.2 Å². The first-order valence-electron chi connectivity index (χ1n) is 8.36. The van der Waals surface area contributed by atoms with Gasteiger partial charge >= 0.3 is 11.9 Å². The smallest absolute Gasteiger partial charge is 0.332 e. The molecule has 0 saturated carbocycles. The van der Waals surface area contributed by atoms with Crippen LogP contribution in [-0.2, 0) is 9.59 Å². The fourth-order valence-electron chi connectivity index (χ4n) is 2.57. The number of aliphatic carboxylic acids is 2. The number of rotatable bonds is 8. The van der Waals surface area contributed by atoms with E-state index in [1.54, 1.807) is 0 Å². The van der Waals surface area contributed by atoms with Crippen LogP contribution in [0, 0.1) is 5.92 Å². The minimum atomic E-state index is -1.45. The van der Waals surface area contributed by atoms with E-state index in [0.29, 0.717) is 11.1 Å². The summed E-state index contributed by atoms with van der Waals surface area (Å²) in [4.78, 5) is 23.5. The lowest BCUT2D eigenvalue weighted by Gasteiger charge is -2.11. The minimum absolute atomic E-state index is 0.0770. The van der Waals surface area contributed by atoms with Crippen molar-refractivity contribution in [3.05, 3.63) is 59.2 Å². The van der Waals surface area contributed by atoms with Crippen molar-refractivity contribution in [3.8, 4) is 23.0 Å². The van der Waals surface area contributed by atoms with Crippen molar-refractivity contribution in [2.45, 2.75) is 0 Å². The van der Waals surface area contributed by atoms with E-state index in [2.05, 4.69) is 0 Å². The van der Waals surface area contributed by atoms with Crippen LogP contribution in [-0.4, -0.2) is 46.6 Å². The standard InChI is InChI=1S/C21H20O8/c1-28-18-10-12(4-7-16(18)22)3-6-14(20(24)25)15(21(26)27)9-13-5-8-17(23)19(11-13)29-2/h3-11,14,22-23H,1-2H3,(H,24,25)(H,26,27)/b6-3+,15-9+. The second kappa shape index (κ2) is 9.32. The van der Waals surface area contributed by atoms with Gasteiger partial charge in [-0.15, -0.1) is 0 Å². The highest BCUT2D eigenvalue weighted by Crippen LogP contribution is 2.29. The summed E-state index contributed by atoms with van der Waals surface area (Å²) in [5.41, 5.74) is 0.484. The van der Waals surface area contributed by atoms with Crippen molar-refractivity contribution >= 4 is 24.1 Å². The molecule has 0 bridgehead atoms. The summed E-state index contributed by atoms with van der Waals surface area (Å²) in [5, 5.41) is 38.4. The number of carboxylic acids is 2. The molecule has 0 aliphatic heterocycles. The lowest BCUT2D eigenvalue weighted by atomic mass is 9.95. The summed E-state index contributed by atoms with van der Waals surface area (Å²) in [6.07, 6.45) is 3.85. The van der Waals surface area contributed by atoms with Gasteiger partial charge in [0, 0.05) is 0 Å². The maximum absolute atomic E-state index is 11.7. The fraction of sp³-hybridized carbons (Fsp3) is 0.143.